The molecule has 0 atom stereocenters. The first-order chi connectivity index (χ1) is 8.16. The monoisotopic (exact) mass is 228 g/mol. The van der Waals surface area contributed by atoms with Crippen molar-refractivity contribution in [3.8, 4) is 0 Å². The number of anilines is 2. The minimum absolute atomic E-state index is 0.242. The van der Waals surface area contributed by atoms with E-state index in [9.17, 15) is 4.79 Å². The summed E-state index contributed by atoms with van der Waals surface area (Å²) in [4.78, 5) is 19.8. The summed E-state index contributed by atoms with van der Waals surface area (Å²) >= 11 is 0. The average Bonchev–Trinajstić information content (AvgIpc) is 2.30. The third kappa shape index (κ3) is 2.57. The van der Waals surface area contributed by atoms with Crippen LogP contribution < -0.4 is 11.1 Å². The molecule has 0 aliphatic heterocycles. The Labute approximate surface area is 98.7 Å². The van der Waals surface area contributed by atoms with Crippen LogP contribution in [-0.2, 0) is 0 Å². The summed E-state index contributed by atoms with van der Waals surface area (Å²) in [5.74, 6) is 0.0439. The van der Waals surface area contributed by atoms with Gasteiger partial charge in [-0.25, -0.2) is 9.97 Å². The minimum Gasteiger partial charge on any atom is -0.399 e. The third-order valence-electron chi connectivity index (χ3n) is 2.29. The number of aryl methyl sites for hydroxylation is 1. The van der Waals surface area contributed by atoms with Gasteiger partial charge in [0, 0.05) is 23.6 Å². The van der Waals surface area contributed by atoms with E-state index in [2.05, 4.69) is 15.3 Å². The Balaban J connectivity index is 2.21. The molecule has 0 unspecified atom stereocenters. The van der Waals surface area contributed by atoms with Crippen LogP contribution in [0.1, 0.15) is 15.9 Å². The van der Waals surface area contributed by atoms with Gasteiger partial charge in [0.05, 0.1) is 0 Å². The van der Waals surface area contributed by atoms with Gasteiger partial charge in [-0.05, 0) is 36.8 Å². The zero-order valence-electron chi connectivity index (χ0n) is 9.34. The number of benzene rings is 1. The van der Waals surface area contributed by atoms with Crippen LogP contribution in [0, 0.1) is 6.92 Å². The maximum absolute atomic E-state index is 11.9. The number of nitrogen functional groups attached to an aromatic ring is 1. The number of carbonyl (C=O) groups is 1. The first kappa shape index (κ1) is 11.1. The summed E-state index contributed by atoms with van der Waals surface area (Å²) in [7, 11) is 0. The number of amides is 1. The predicted molar refractivity (Wildman–Crippen MR) is 65.6 cm³/mol. The first-order valence-corrected chi connectivity index (χ1v) is 5.11. The first-order valence-electron chi connectivity index (χ1n) is 5.11. The number of hydrogen-bond donors (Lipinski definition) is 2. The molecule has 0 aliphatic rings. The standard InChI is InChI=1S/C12H12N4O/c1-8-7-9(13)3-4-10(8)11(17)16-12-14-5-2-6-15-12/h2-7H,13H2,1H3,(H,14,15,16,17). The van der Waals surface area contributed by atoms with Crippen LogP contribution in [0.25, 0.3) is 0 Å². The zero-order valence-corrected chi connectivity index (χ0v) is 9.34. The van der Waals surface area contributed by atoms with E-state index < -0.39 is 0 Å². The minimum atomic E-state index is -0.242. The lowest BCUT2D eigenvalue weighted by molar-refractivity contribution is 0.102. The third-order valence-corrected chi connectivity index (χ3v) is 2.29. The van der Waals surface area contributed by atoms with E-state index in [0.29, 0.717) is 11.3 Å². The number of rotatable bonds is 2. The molecule has 0 aliphatic carbocycles. The molecular weight excluding hydrogens is 216 g/mol. The Morgan fingerprint density at radius 2 is 2.00 bits per heavy atom. The van der Waals surface area contributed by atoms with Crippen LogP contribution in [0.2, 0.25) is 0 Å². The van der Waals surface area contributed by atoms with Crippen LogP contribution in [0.3, 0.4) is 0 Å². The van der Waals surface area contributed by atoms with Crippen LogP contribution in [0.4, 0.5) is 11.6 Å². The quantitative estimate of drug-likeness (QED) is 0.765. The summed E-state index contributed by atoms with van der Waals surface area (Å²) in [5, 5.41) is 2.62. The van der Waals surface area contributed by atoms with E-state index >= 15 is 0 Å². The molecule has 1 heterocycles. The van der Waals surface area contributed by atoms with Crippen molar-refractivity contribution >= 4 is 17.5 Å². The van der Waals surface area contributed by atoms with E-state index in [1.165, 1.54) is 0 Å². The highest BCUT2D eigenvalue weighted by molar-refractivity contribution is 6.04. The summed E-state index contributed by atoms with van der Waals surface area (Å²) in [6.45, 7) is 1.83. The number of hydrogen-bond acceptors (Lipinski definition) is 4. The van der Waals surface area contributed by atoms with Gasteiger partial charge < -0.3 is 5.73 Å². The van der Waals surface area contributed by atoms with E-state index in [-0.39, 0.29) is 11.9 Å². The van der Waals surface area contributed by atoms with Crippen molar-refractivity contribution in [1.82, 2.24) is 9.97 Å². The van der Waals surface area contributed by atoms with Gasteiger partial charge in [-0.2, -0.15) is 0 Å². The van der Waals surface area contributed by atoms with Gasteiger partial charge >= 0.3 is 0 Å². The topological polar surface area (TPSA) is 80.9 Å². The Morgan fingerprint density at radius 1 is 1.29 bits per heavy atom. The lowest BCUT2D eigenvalue weighted by atomic mass is 10.1. The SMILES string of the molecule is Cc1cc(N)ccc1C(=O)Nc1ncccn1. The predicted octanol–water partition coefficient (Wildman–Crippen LogP) is 1.62. The molecule has 17 heavy (non-hydrogen) atoms. The number of aromatic nitrogens is 2. The molecule has 86 valence electrons. The molecule has 5 heteroatoms. The molecule has 0 saturated carbocycles. The van der Waals surface area contributed by atoms with Gasteiger partial charge in [-0.15, -0.1) is 0 Å². The maximum Gasteiger partial charge on any atom is 0.258 e. The number of nitrogens with one attached hydrogen (secondary N) is 1. The van der Waals surface area contributed by atoms with Gasteiger partial charge in [-0.3, -0.25) is 10.1 Å². The van der Waals surface area contributed by atoms with Crippen LogP contribution in [-0.4, -0.2) is 15.9 Å². The molecule has 0 fully saturated rings. The Kier molecular flexibility index (Phi) is 3.00. The van der Waals surface area contributed by atoms with E-state index in [1.54, 1.807) is 36.7 Å². The summed E-state index contributed by atoms with van der Waals surface area (Å²) in [5.41, 5.74) is 7.64. The fourth-order valence-corrected chi connectivity index (χ4v) is 1.47. The largest absolute Gasteiger partial charge is 0.399 e. The van der Waals surface area contributed by atoms with Gasteiger partial charge in [-0.1, -0.05) is 0 Å². The lowest BCUT2D eigenvalue weighted by Gasteiger charge is -2.06. The molecule has 1 amide bonds. The average molecular weight is 228 g/mol. The molecule has 5 nitrogen and oxygen atoms in total. The lowest BCUT2D eigenvalue weighted by Crippen LogP contribution is -2.15. The Morgan fingerprint density at radius 3 is 2.65 bits per heavy atom. The van der Waals surface area contributed by atoms with Crippen molar-refractivity contribution in [2.45, 2.75) is 6.92 Å². The zero-order chi connectivity index (χ0) is 12.3. The summed E-state index contributed by atoms with van der Waals surface area (Å²) in [6.07, 6.45) is 3.14. The second-order valence-corrected chi connectivity index (χ2v) is 3.60. The highest BCUT2D eigenvalue weighted by atomic mass is 16.1. The second kappa shape index (κ2) is 4.61. The Hall–Kier alpha value is -2.43. The van der Waals surface area contributed by atoms with Crippen LogP contribution in [0.5, 0.6) is 0 Å². The van der Waals surface area contributed by atoms with E-state index in [0.717, 1.165) is 5.56 Å². The van der Waals surface area contributed by atoms with Crippen molar-refractivity contribution < 1.29 is 4.79 Å². The Bertz CT molecular complexity index is 539. The normalized spacial score (nSPS) is 9.94. The maximum atomic E-state index is 11.9. The second-order valence-electron chi connectivity index (χ2n) is 3.60. The van der Waals surface area contributed by atoms with Crippen LogP contribution >= 0.6 is 0 Å². The van der Waals surface area contributed by atoms with Gasteiger partial charge in [0.1, 0.15) is 0 Å². The molecule has 0 radical (unpaired) electrons. The van der Waals surface area contributed by atoms with Crippen molar-refractivity contribution in [2.24, 2.45) is 0 Å². The van der Waals surface area contributed by atoms with Crippen molar-refractivity contribution in [2.75, 3.05) is 11.1 Å². The number of carbonyl (C=O) groups excluding carboxylic acids is 1. The molecule has 2 aromatic rings. The molecule has 1 aromatic carbocycles. The fraction of sp³-hybridized carbons (Fsp3) is 0.0833. The van der Waals surface area contributed by atoms with Crippen molar-refractivity contribution in [3.63, 3.8) is 0 Å². The van der Waals surface area contributed by atoms with Gasteiger partial charge in [0.2, 0.25) is 5.95 Å². The van der Waals surface area contributed by atoms with Crippen LogP contribution in [0.15, 0.2) is 36.7 Å². The molecule has 0 bridgehead atoms. The highest BCUT2D eigenvalue weighted by Gasteiger charge is 2.10. The van der Waals surface area contributed by atoms with E-state index in [4.69, 9.17) is 5.73 Å². The molecular formula is C12H12N4O. The highest BCUT2D eigenvalue weighted by Crippen LogP contribution is 2.13. The smallest absolute Gasteiger partial charge is 0.258 e. The molecule has 1 aromatic heterocycles. The van der Waals surface area contributed by atoms with Gasteiger partial charge in [0.15, 0.2) is 0 Å². The van der Waals surface area contributed by atoms with Crippen molar-refractivity contribution in [1.29, 1.82) is 0 Å². The van der Waals surface area contributed by atoms with Gasteiger partial charge in [0.25, 0.3) is 5.91 Å². The molecule has 3 N–H and O–H groups in total. The molecule has 0 saturated heterocycles. The number of nitrogens with two attached hydrogens (primary N) is 1. The molecule has 2 rings (SSSR count). The number of nitrogens with zero attached hydrogens (tertiary/aromatic N) is 2. The molecule has 0 spiro atoms. The fourth-order valence-electron chi connectivity index (χ4n) is 1.47. The van der Waals surface area contributed by atoms with Crippen molar-refractivity contribution in [3.05, 3.63) is 47.8 Å². The summed E-state index contributed by atoms with van der Waals surface area (Å²) in [6, 6.07) is 6.81. The van der Waals surface area contributed by atoms with E-state index in [1.807, 2.05) is 6.92 Å². The summed E-state index contributed by atoms with van der Waals surface area (Å²) < 4.78 is 0.